The Morgan fingerprint density at radius 2 is 1.85 bits per heavy atom. The highest BCUT2D eigenvalue weighted by Gasteiger charge is 2.24. The predicted molar refractivity (Wildman–Crippen MR) is 107 cm³/mol. The van der Waals surface area contributed by atoms with Crippen LogP contribution in [0.4, 0.5) is 5.69 Å². The normalized spacial score (nSPS) is 17.0. The molecule has 0 aliphatic carbocycles. The van der Waals surface area contributed by atoms with Gasteiger partial charge in [0.15, 0.2) is 0 Å². The molecular formula is C21H24N2O2S. The van der Waals surface area contributed by atoms with E-state index in [0.29, 0.717) is 17.2 Å². The Balaban J connectivity index is 1.56. The highest BCUT2D eigenvalue weighted by Crippen LogP contribution is 2.26. The van der Waals surface area contributed by atoms with Gasteiger partial charge in [0.2, 0.25) is 5.91 Å². The van der Waals surface area contributed by atoms with Crippen molar-refractivity contribution in [3.63, 3.8) is 0 Å². The molecule has 1 aliphatic heterocycles. The molecule has 1 saturated heterocycles. The molecule has 1 heterocycles. The molecule has 26 heavy (non-hydrogen) atoms. The molecule has 0 bridgehead atoms. The van der Waals surface area contributed by atoms with Gasteiger partial charge in [-0.2, -0.15) is 0 Å². The number of rotatable bonds is 5. The van der Waals surface area contributed by atoms with Gasteiger partial charge in [0.25, 0.3) is 5.91 Å². The molecule has 2 aromatic carbocycles. The molecule has 136 valence electrons. The monoisotopic (exact) mass is 368 g/mol. The van der Waals surface area contributed by atoms with Crippen LogP contribution in [0.25, 0.3) is 0 Å². The van der Waals surface area contributed by atoms with E-state index in [2.05, 4.69) is 29.6 Å². The molecule has 1 atom stereocenters. The van der Waals surface area contributed by atoms with Crippen molar-refractivity contribution in [2.45, 2.75) is 24.7 Å². The minimum Gasteiger partial charge on any atom is -0.338 e. The van der Waals surface area contributed by atoms with Gasteiger partial charge in [0.05, 0.1) is 0 Å². The molecule has 4 nitrogen and oxygen atoms in total. The Bertz CT molecular complexity index is 746. The molecule has 1 fully saturated rings. The third-order valence-electron chi connectivity index (χ3n) is 4.49. The van der Waals surface area contributed by atoms with E-state index < -0.39 is 0 Å². The summed E-state index contributed by atoms with van der Waals surface area (Å²) in [4.78, 5) is 27.1. The first-order valence-electron chi connectivity index (χ1n) is 8.96. The number of thioether (sulfide) groups is 1. The van der Waals surface area contributed by atoms with Crippen molar-refractivity contribution < 1.29 is 9.59 Å². The van der Waals surface area contributed by atoms with Gasteiger partial charge in [-0.25, -0.2) is 0 Å². The number of nitrogens with zero attached hydrogens (tertiary/aromatic N) is 1. The van der Waals surface area contributed by atoms with Crippen molar-refractivity contribution in [2.75, 3.05) is 24.2 Å². The number of benzene rings is 2. The summed E-state index contributed by atoms with van der Waals surface area (Å²) in [7, 11) is 0. The summed E-state index contributed by atoms with van der Waals surface area (Å²) >= 11 is 1.87. The van der Waals surface area contributed by atoms with E-state index in [0.717, 1.165) is 25.3 Å². The third kappa shape index (κ3) is 5.11. The summed E-state index contributed by atoms with van der Waals surface area (Å²) in [6, 6.07) is 17.5. The van der Waals surface area contributed by atoms with Crippen LogP contribution < -0.4 is 5.32 Å². The van der Waals surface area contributed by atoms with E-state index in [1.807, 2.05) is 22.7 Å². The van der Waals surface area contributed by atoms with Crippen LogP contribution in [0.2, 0.25) is 0 Å². The Hall–Kier alpha value is -2.27. The van der Waals surface area contributed by atoms with Gasteiger partial charge in [-0.3, -0.25) is 9.59 Å². The summed E-state index contributed by atoms with van der Waals surface area (Å²) in [5.74, 6) is 1.53. The fourth-order valence-electron chi connectivity index (χ4n) is 3.20. The van der Waals surface area contributed by atoms with Crippen LogP contribution in [0.3, 0.4) is 0 Å². The van der Waals surface area contributed by atoms with Gasteiger partial charge in [0.1, 0.15) is 0 Å². The fourth-order valence-corrected chi connectivity index (χ4v) is 4.25. The van der Waals surface area contributed by atoms with Crippen molar-refractivity contribution in [1.82, 2.24) is 4.90 Å². The van der Waals surface area contributed by atoms with Crippen molar-refractivity contribution >= 4 is 29.3 Å². The van der Waals surface area contributed by atoms with Crippen LogP contribution in [0.1, 0.15) is 30.1 Å². The Morgan fingerprint density at radius 1 is 1.12 bits per heavy atom. The van der Waals surface area contributed by atoms with Crippen molar-refractivity contribution in [3.05, 3.63) is 60.2 Å². The lowest BCUT2D eigenvalue weighted by Crippen LogP contribution is -2.40. The molecule has 1 unspecified atom stereocenters. The number of carbonyl (C=O) groups is 2. The maximum Gasteiger partial charge on any atom is 0.253 e. The number of hydrogen-bond donors (Lipinski definition) is 1. The largest absolute Gasteiger partial charge is 0.338 e. The van der Waals surface area contributed by atoms with Crippen LogP contribution >= 0.6 is 11.8 Å². The average molecular weight is 369 g/mol. The first-order valence-corrected chi connectivity index (χ1v) is 9.95. The smallest absolute Gasteiger partial charge is 0.253 e. The quantitative estimate of drug-likeness (QED) is 0.801. The Kier molecular flexibility index (Phi) is 6.34. The van der Waals surface area contributed by atoms with Crippen LogP contribution in [-0.4, -0.2) is 35.6 Å². The van der Waals surface area contributed by atoms with E-state index >= 15 is 0 Å². The molecule has 5 heteroatoms. The standard InChI is InChI=1S/C21H24N2O2S/c1-16(24)22-19-11-9-18(10-12-19)21(25)23-13-5-6-17(14-23)15-26-20-7-3-2-4-8-20/h2-4,7-12,17H,5-6,13-15H2,1H3,(H,22,24). The molecule has 1 aliphatic rings. The van der Waals surface area contributed by atoms with Gasteiger partial charge in [-0.1, -0.05) is 18.2 Å². The van der Waals surface area contributed by atoms with E-state index in [4.69, 9.17) is 0 Å². The Labute approximate surface area is 159 Å². The number of carbonyl (C=O) groups excluding carboxylic acids is 2. The minimum absolute atomic E-state index is 0.0776. The molecule has 0 aromatic heterocycles. The van der Waals surface area contributed by atoms with Crippen molar-refractivity contribution in [3.8, 4) is 0 Å². The van der Waals surface area contributed by atoms with Crippen LogP contribution in [-0.2, 0) is 4.79 Å². The second kappa shape index (κ2) is 8.90. The van der Waals surface area contributed by atoms with Gasteiger partial charge in [0, 0.05) is 41.9 Å². The lowest BCUT2D eigenvalue weighted by Gasteiger charge is -2.32. The molecule has 2 aromatic rings. The molecule has 0 saturated carbocycles. The van der Waals surface area contributed by atoms with Crippen LogP contribution in [0, 0.1) is 5.92 Å². The minimum atomic E-state index is -0.112. The maximum absolute atomic E-state index is 12.8. The first kappa shape index (κ1) is 18.5. The number of hydrogen-bond acceptors (Lipinski definition) is 3. The molecule has 0 spiro atoms. The van der Waals surface area contributed by atoms with Gasteiger partial charge in [-0.05, 0) is 55.2 Å². The number of likely N-dealkylation sites (tertiary alicyclic amines) is 1. The number of amides is 2. The predicted octanol–water partition coefficient (Wildman–Crippen LogP) is 4.29. The summed E-state index contributed by atoms with van der Waals surface area (Å²) in [5.41, 5.74) is 1.39. The van der Waals surface area contributed by atoms with Crippen LogP contribution in [0.15, 0.2) is 59.5 Å². The molecule has 3 rings (SSSR count). The average Bonchev–Trinajstić information content (AvgIpc) is 2.67. The second-order valence-electron chi connectivity index (χ2n) is 6.64. The number of piperidine rings is 1. The second-order valence-corrected chi connectivity index (χ2v) is 7.74. The van der Waals surface area contributed by atoms with Gasteiger partial charge < -0.3 is 10.2 Å². The molecular weight excluding hydrogens is 344 g/mol. The number of anilines is 1. The van der Waals surface area contributed by atoms with E-state index in [1.165, 1.54) is 18.2 Å². The lowest BCUT2D eigenvalue weighted by atomic mass is 9.99. The van der Waals surface area contributed by atoms with Crippen LogP contribution in [0.5, 0.6) is 0 Å². The lowest BCUT2D eigenvalue weighted by molar-refractivity contribution is -0.114. The van der Waals surface area contributed by atoms with Gasteiger partial charge >= 0.3 is 0 Å². The first-order chi connectivity index (χ1) is 12.6. The maximum atomic E-state index is 12.8. The molecule has 2 amide bonds. The number of nitrogens with one attached hydrogen (secondary N) is 1. The van der Waals surface area contributed by atoms with Crippen molar-refractivity contribution in [2.24, 2.45) is 5.92 Å². The zero-order valence-corrected chi connectivity index (χ0v) is 15.8. The summed E-state index contributed by atoms with van der Waals surface area (Å²) in [6.45, 7) is 3.10. The zero-order chi connectivity index (χ0) is 18.4. The topological polar surface area (TPSA) is 49.4 Å². The summed E-state index contributed by atoms with van der Waals surface area (Å²) in [5, 5.41) is 2.72. The highest BCUT2D eigenvalue weighted by molar-refractivity contribution is 7.99. The Morgan fingerprint density at radius 3 is 2.54 bits per heavy atom. The SMILES string of the molecule is CC(=O)Nc1ccc(C(=O)N2CCCC(CSc3ccccc3)C2)cc1. The fraction of sp³-hybridized carbons (Fsp3) is 0.333. The molecule has 1 N–H and O–H groups in total. The van der Waals surface area contributed by atoms with E-state index in [-0.39, 0.29) is 11.8 Å². The van der Waals surface area contributed by atoms with E-state index in [9.17, 15) is 9.59 Å². The van der Waals surface area contributed by atoms with E-state index in [1.54, 1.807) is 24.3 Å². The highest BCUT2D eigenvalue weighted by atomic mass is 32.2. The van der Waals surface area contributed by atoms with Gasteiger partial charge in [-0.15, -0.1) is 11.8 Å². The van der Waals surface area contributed by atoms with Crippen molar-refractivity contribution in [1.29, 1.82) is 0 Å². The third-order valence-corrected chi connectivity index (χ3v) is 5.73. The summed E-state index contributed by atoms with van der Waals surface area (Å²) < 4.78 is 0. The molecule has 0 radical (unpaired) electrons. The zero-order valence-electron chi connectivity index (χ0n) is 15.0. The summed E-state index contributed by atoms with van der Waals surface area (Å²) in [6.07, 6.45) is 2.22.